The number of halogens is 2. The molecule has 5 heteroatoms. The fourth-order valence-corrected chi connectivity index (χ4v) is 2.13. The second-order valence-corrected chi connectivity index (χ2v) is 4.96. The van der Waals surface area contributed by atoms with Gasteiger partial charge in [0, 0.05) is 16.3 Å². The number of carbonyl (C=O) groups is 1. The average molecular weight is 293 g/mol. The molecule has 0 spiro atoms. The molecule has 2 rings (SSSR count). The molecule has 3 nitrogen and oxygen atoms in total. The number of anilines is 1. The highest BCUT2D eigenvalue weighted by Crippen LogP contribution is 2.18. The van der Waals surface area contributed by atoms with Gasteiger partial charge in [0.15, 0.2) is 0 Å². The maximum Gasteiger partial charge on any atom is 0.251 e. The van der Waals surface area contributed by atoms with Crippen LogP contribution in [0.3, 0.4) is 0 Å². The third-order valence-electron chi connectivity index (χ3n) is 2.88. The van der Waals surface area contributed by atoms with E-state index in [1.165, 1.54) is 18.2 Å². The Morgan fingerprint density at radius 1 is 1.30 bits per heavy atom. The van der Waals surface area contributed by atoms with Crippen molar-refractivity contribution in [2.75, 3.05) is 5.73 Å². The number of hydrogen-bond donors (Lipinski definition) is 2. The zero-order valence-corrected chi connectivity index (χ0v) is 11.6. The summed E-state index contributed by atoms with van der Waals surface area (Å²) in [6, 6.07) is 10.4. The van der Waals surface area contributed by atoms with Crippen LogP contribution in [0.1, 0.15) is 28.9 Å². The lowest BCUT2D eigenvalue weighted by atomic mass is 10.1. The molecule has 0 unspecified atom stereocenters. The molecule has 104 valence electrons. The summed E-state index contributed by atoms with van der Waals surface area (Å²) in [6.45, 7) is 1.78. The first-order chi connectivity index (χ1) is 9.45. The first-order valence-electron chi connectivity index (χ1n) is 6.08. The normalized spacial score (nSPS) is 11.9. The summed E-state index contributed by atoms with van der Waals surface area (Å²) in [5.41, 5.74) is 7.12. The maximum atomic E-state index is 13.1. The van der Waals surface area contributed by atoms with Gasteiger partial charge in [-0.25, -0.2) is 4.39 Å². The third-order valence-corrected chi connectivity index (χ3v) is 3.10. The number of nitrogens with two attached hydrogens (primary N) is 1. The minimum Gasteiger partial charge on any atom is -0.399 e. The average Bonchev–Trinajstić information content (AvgIpc) is 2.37. The summed E-state index contributed by atoms with van der Waals surface area (Å²) in [5.74, 6) is -0.647. The molecule has 0 saturated carbocycles. The van der Waals surface area contributed by atoms with Gasteiger partial charge in [-0.2, -0.15) is 0 Å². The molecule has 2 aromatic rings. The molecule has 3 N–H and O–H groups in total. The molecule has 2 aromatic carbocycles. The summed E-state index contributed by atoms with van der Waals surface area (Å²) in [7, 11) is 0. The number of carbonyl (C=O) groups excluding carboxylic acids is 1. The summed E-state index contributed by atoms with van der Waals surface area (Å²) in [6.07, 6.45) is 0. The second-order valence-electron chi connectivity index (χ2n) is 4.52. The molecule has 0 heterocycles. The maximum absolute atomic E-state index is 13.1. The van der Waals surface area contributed by atoms with Crippen molar-refractivity contribution < 1.29 is 9.18 Å². The van der Waals surface area contributed by atoms with Crippen LogP contribution >= 0.6 is 11.6 Å². The van der Waals surface area contributed by atoms with E-state index >= 15 is 0 Å². The standard InChI is InChI=1S/C15H14ClFN2O/c1-9(10-3-2-4-13(17)6-10)19-15(20)11-5-12(16)8-14(18)7-11/h2-9H,18H2,1H3,(H,19,20)/t9-/m0/s1. The third kappa shape index (κ3) is 3.48. The fraction of sp³-hybridized carbons (Fsp3) is 0.133. The van der Waals surface area contributed by atoms with Gasteiger partial charge in [0.2, 0.25) is 0 Å². The Hall–Kier alpha value is -2.07. The fourth-order valence-electron chi connectivity index (χ4n) is 1.88. The molecule has 0 radical (unpaired) electrons. The lowest BCUT2D eigenvalue weighted by molar-refractivity contribution is 0.0940. The topological polar surface area (TPSA) is 55.1 Å². The highest BCUT2D eigenvalue weighted by atomic mass is 35.5. The molecule has 0 aliphatic carbocycles. The van der Waals surface area contributed by atoms with E-state index in [0.717, 1.165) is 0 Å². The Kier molecular flexibility index (Phi) is 4.25. The zero-order chi connectivity index (χ0) is 14.7. The molecule has 1 atom stereocenters. The molecule has 0 saturated heterocycles. The smallest absolute Gasteiger partial charge is 0.251 e. The van der Waals surface area contributed by atoms with Gasteiger partial charge >= 0.3 is 0 Å². The van der Waals surface area contributed by atoms with Gasteiger partial charge in [0.05, 0.1) is 6.04 Å². The van der Waals surface area contributed by atoms with Gasteiger partial charge in [0.25, 0.3) is 5.91 Å². The summed E-state index contributed by atoms with van der Waals surface area (Å²) in [5, 5.41) is 3.17. The Morgan fingerprint density at radius 2 is 2.05 bits per heavy atom. The van der Waals surface area contributed by atoms with Crippen LogP contribution in [0.25, 0.3) is 0 Å². The van der Waals surface area contributed by atoms with E-state index in [1.807, 2.05) is 0 Å². The molecular weight excluding hydrogens is 279 g/mol. The van der Waals surface area contributed by atoms with Gasteiger partial charge in [-0.15, -0.1) is 0 Å². The van der Waals surface area contributed by atoms with Crippen molar-refractivity contribution in [3.8, 4) is 0 Å². The van der Waals surface area contributed by atoms with Crippen molar-refractivity contribution in [1.29, 1.82) is 0 Å². The minimum absolute atomic E-state index is 0.309. The van der Waals surface area contributed by atoms with Gasteiger partial charge < -0.3 is 11.1 Å². The van der Waals surface area contributed by atoms with Crippen molar-refractivity contribution >= 4 is 23.2 Å². The van der Waals surface area contributed by atoms with Gasteiger partial charge in [-0.3, -0.25) is 4.79 Å². The lowest BCUT2D eigenvalue weighted by Gasteiger charge is -2.15. The molecule has 1 amide bonds. The molecule has 20 heavy (non-hydrogen) atoms. The van der Waals surface area contributed by atoms with Crippen LogP contribution in [0.15, 0.2) is 42.5 Å². The first-order valence-corrected chi connectivity index (χ1v) is 6.46. The van der Waals surface area contributed by atoms with Gasteiger partial charge in [0.1, 0.15) is 5.82 Å². The molecule has 0 fully saturated rings. The Balaban J connectivity index is 2.15. The van der Waals surface area contributed by atoms with Crippen molar-refractivity contribution in [3.05, 3.63) is 64.4 Å². The second kappa shape index (κ2) is 5.92. The largest absolute Gasteiger partial charge is 0.399 e. The number of rotatable bonds is 3. The van der Waals surface area contributed by atoms with E-state index in [2.05, 4.69) is 5.32 Å². The Bertz CT molecular complexity index is 625. The zero-order valence-electron chi connectivity index (χ0n) is 10.9. The summed E-state index contributed by atoms with van der Waals surface area (Å²) >= 11 is 5.86. The van der Waals surface area contributed by atoms with Crippen LogP contribution < -0.4 is 11.1 Å². The van der Waals surface area contributed by atoms with Crippen molar-refractivity contribution in [3.63, 3.8) is 0 Å². The van der Waals surface area contributed by atoms with Crippen LogP contribution in [-0.4, -0.2) is 5.91 Å². The van der Waals surface area contributed by atoms with E-state index in [0.29, 0.717) is 21.8 Å². The van der Waals surface area contributed by atoms with E-state index in [9.17, 15) is 9.18 Å². The predicted octanol–water partition coefficient (Wildman–Crippen LogP) is 3.55. The van der Waals surface area contributed by atoms with E-state index < -0.39 is 0 Å². The van der Waals surface area contributed by atoms with Crippen molar-refractivity contribution in [1.82, 2.24) is 5.32 Å². The van der Waals surface area contributed by atoms with E-state index in [-0.39, 0.29) is 17.8 Å². The number of nitrogen functional groups attached to an aromatic ring is 1. The van der Waals surface area contributed by atoms with Gasteiger partial charge in [-0.05, 0) is 42.8 Å². The highest BCUT2D eigenvalue weighted by Gasteiger charge is 2.13. The quantitative estimate of drug-likeness (QED) is 0.850. The summed E-state index contributed by atoms with van der Waals surface area (Å²) < 4.78 is 13.1. The Morgan fingerprint density at radius 3 is 2.70 bits per heavy atom. The highest BCUT2D eigenvalue weighted by molar-refractivity contribution is 6.31. The molecule has 0 bridgehead atoms. The predicted molar refractivity (Wildman–Crippen MR) is 78.1 cm³/mol. The van der Waals surface area contributed by atoms with Crippen LogP contribution in [0, 0.1) is 5.82 Å². The minimum atomic E-state index is -0.337. The molecular formula is C15H14ClFN2O. The Labute approximate surface area is 121 Å². The lowest BCUT2D eigenvalue weighted by Crippen LogP contribution is -2.26. The van der Waals surface area contributed by atoms with E-state index in [1.54, 1.807) is 31.2 Å². The SMILES string of the molecule is C[C@H](NC(=O)c1cc(N)cc(Cl)c1)c1cccc(F)c1. The molecule has 0 aliphatic rings. The van der Waals surface area contributed by atoms with Crippen LogP contribution in [-0.2, 0) is 0 Å². The van der Waals surface area contributed by atoms with E-state index in [4.69, 9.17) is 17.3 Å². The number of nitrogens with one attached hydrogen (secondary N) is 1. The van der Waals surface area contributed by atoms with Crippen molar-refractivity contribution in [2.45, 2.75) is 13.0 Å². The van der Waals surface area contributed by atoms with Crippen LogP contribution in [0.2, 0.25) is 5.02 Å². The first kappa shape index (κ1) is 14.3. The number of benzene rings is 2. The molecule has 0 aliphatic heterocycles. The van der Waals surface area contributed by atoms with Gasteiger partial charge in [-0.1, -0.05) is 23.7 Å². The number of hydrogen-bond acceptors (Lipinski definition) is 2. The number of amides is 1. The van der Waals surface area contributed by atoms with Crippen LogP contribution in [0.4, 0.5) is 10.1 Å². The monoisotopic (exact) mass is 292 g/mol. The van der Waals surface area contributed by atoms with Crippen LogP contribution in [0.5, 0.6) is 0 Å². The molecule has 0 aromatic heterocycles. The van der Waals surface area contributed by atoms with Crippen molar-refractivity contribution in [2.24, 2.45) is 0 Å². The summed E-state index contributed by atoms with van der Waals surface area (Å²) in [4.78, 5) is 12.1.